The minimum Gasteiger partial charge on any atom is -0.494 e. The fraction of sp³-hybridized carbons (Fsp3) is 0.235. The molecule has 2 aromatic rings. The van der Waals surface area contributed by atoms with Crippen molar-refractivity contribution in [3.8, 4) is 5.75 Å². The summed E-state index contributed by atoms with van der Waals surface area (Å²) >= 11 is 5.95. The molecule has 116 valence electrons. The number of carbonyl (C=O) groups excluding carboxylic acids is 1. The summed E-state index contributed by atoms with van der Waals surface area (Å²) in [4.78, 5) is 11.7. The summed E-state index contributed by atoms with van der Waals surface area (Å²) in [7, 11) is 0. The molecule has 0 aliphatic heterocycles. The van der Waals surface area contributed by atoms with Crippen molar-refractivity contribution in [3.63, 3.8) is 0 Å². The lowest BCUT2D eigenvalue weighted by Crippen LogP contribution is -2.29. The molecule has 0 aromatic heterocycles. The predicted octanol–water partition coefficient (Wildman–Crippen LogP) is 3.95. The molecule has 0 aliphatic carbocycles. The molecule has 22 heavy (non-hydrogen) atoms. The van der Waals surface area contributed by atoms with E-state index in [2.05, 4.69) is 10.9 Å². The SMILES string of the molecule is Cc1cc(OCCCC(=O)NNc2ccccc2)ccc1Cl. The third kappa shape index (κ3) is 5.30. The standard InChI is InChI=1S/C17H19ClN2O2/c1-13-12-15(9-10-16(13)18)22-11-5-8-17(21)20-19-14-6-3-2-4-7-14/h2-4,6-7,9-10,12,19H,5,8,11H2,1H3,(H,20,21). The highest BCUT2D eigenvalue weighted by molar-refractivity contribution is 6.31. The average Bonchev–Trinajstić information content (AvgIpc) is 2.54. The summed E-state index contributed by atoms with van der Waals surface area (Å²) in [5, 5.41) is 0.721. The maximum absolute atomic E-state index is 11.7. The second kappa shape index (κ2) is 8.29. The normalized spacial score (nSPS) is 10.1. The molecule has 0 bridgehead atoms. The fourth-order valence-electron chi connectivity index (χ4n) is 1.86. The van der Waals surface area contributed by atoms with Gasteiger partial charge in [0.25, 0.3) is 0 Å². The number of hydrogen-bond acceptors (Lipinski definition) is 3. The first kappa shape index (κ1) is 16.2. The summed E-state index contributed by atoms with van der Waals surface area (Å²) in [5.41, 5.74) is 7.34. The Labute approximate surface area is 135 Å². The summed E-state index contributed by atoms with van der Waals surface area (Å²) in [6, 6.07) is 15.0. The Morgan fingerprint density at radius 2 is 1.95 bits per heavy atom. The molecule has 0 fully saturated rings. The van der Waals surface area contributed by atoms with Crippen LogP contribution in [0, 0.1) is 6.92 Å². The van der Waals surface area contributed by atoms with Crippen LogP contribution in [0.2, 0.25) is 5.02 Å². The Kier molecular flexibility index (Phi) is 6.10. The lowest BCUT2D eigenvalue weighted by atomic mass is 10.2. The van der Waals surface area contributed by atoms with Gasteiger partial charge in [0.05, 0.1) is 12.3 Å². The minimum absolute atomic E-state index is 0.0697. The first-order valence-electron chi connectivity index (χ1n) is 7.14. The minimum atomic E-state index is -0.0697. The Balaban J connectivity index is 1.63. The summed E-state index contributed by atoms with van der Waals surface area (Å²) in [6.45, 7) is 2.41. The van der Waals surface area contributed by atoms with E-state index in [1.807, 2.05) is 55.5 Å². The summed E-state index contributed by atoms with van der Waals surface area (Å²) in [6.07, 6.45) is 1.04. The number of nitrogens with one attached hydrogen (secondary N) is 2. The number of carbonyl (C=O) groups is 1. The molecule has 0 saturated heterocycles. The van der Waals surface area contributed by atoms with Crippen LogP contribution < -0.4 is 15.6 Å². The molecular weight excluding hydrogens is 300 g/mol. The van der Waals surface area contributed by atoms with Gasteiger partial charge in [0, 0.05) is 11.4 Å². The van der Waals surface area contributed by atoms with E-state index in [1.165, 1.54) is 0 Å². The average molecular weight is 319 g/mol. The van der Waals surface area contributed by atoms with Gasteiger partial charge in [-0.15, -0.1) is 0 Å². The number of halogens is 1. The van der Waals surface area contributed by atoms with Crippen molar-refractivity contribution in [1.29, 1.82) is 0 Å². The van der Waals surface area contributed by atoms with E-state index in [1.54, 1.807) is 0 Å². The van der Waals surface area contributed by atoms with E-state index in [9.17, 15) is 4.79 Å². The molecule has 0 saturated carbocycles. The zero-order chi connectivity index (χ0) is 15.8. The van der Waals surface area contributed by atoms with E-state index >= 15 is 0 Å². The van der Waals surface area contributed by atoms with Crippen LogP contribution in [0.4, 0.5) is 5.69 Å². The van der Waals surface area contributed by atoms with Gasteiger partial charge in [-0.3, -0.25) is 15.6 Å². The third-order valence-corrected chi connectivity index (χ3v) is 3.49. The summed E-state index contributed by atoms with van der Waals surface area (Å²) < 4.78 is 5.60. The van der Waals surface area contributed by atoms with Crippen LogP contribution in [0.5, 0.6) is 5.75 Å². The van der Waals surface area contributed by atoms with Crippen LogP contribution in [0.15, 0.2) is 48.5 Å². The molecule has 1 amide bonds. The Hall–Kier alpha value is -2.20. The number of rotatable bonds is 7. The van der Waals surface area contributed by atoms with Crippen molar-refractivity contribution < 1.29 is 9.53 Å². The zero-order valence-electron chi connectivity index (χ0n) is 12.4. The van der Waals surface area contributed by atoms with Crippen molar-refractivity contribution >= 4 is 23.2 Å². The number of amides is 1. The van der Waals surface area contributed by atoms with Gasteiger partial charge < -0.3 is 4.74 Å². The Morgan fingerprint density at radius 3 is 2.68 bits per heavy atom. The first-order valence-corrected chi connectivity index (χ1v) is 7.52. The molecule has 4 nitrogen and oxygen atoms in total. The molecule has 0 radical (unpaired) electrons. The molecule has 0 unspecified atom stereocenters. The Bertz CT molecular complexity index is 617. The number of aryl methyl sites for hydroxylation is 1. The number of para-hydroxylation sites is 1. The van der Waals surface area contributed by atoms with Crippen LogP contribution in [-0.4, -0.2) is 12.5 Å². The second-order valence-corrected chi connectivity index (χ2v) is 5.31. The first-order chi connectivity index (χ1) is 10.6. The number of hydrazine groups is 1. The largest absolute Gasteiger partial charge is 0.494 e. The molecule has 2 aromatic carbocycles. The van der Waals surface area contributed by atoms with Crippen molar-refractivity contribution in [3.05, 3.63) is 59.1 Å². The van der Waals surface area contributed by atoms with E-state index in [0.717, 1.165) is 22.0 Å². The highest BCUT2D eigenvalue weighted by Gasteiger charge is 2.02. The number of benzene rings is 2. The van der Waals surface area contributed by atoms with Gasteiger partial charge in [0.15, 0.2) is 0 Å². The number of hydrogen-bond donors (Lipinski definition) is 2. The lowest BCUT2D eigenvalue weighted by molar-refractivity contribution is -0.120. The van der Waals surface area contributed by atoms with Gasteiger partial charge in [-0.25, -0.2) is 0 Å². The van der Waals surface area contributed by atoms with Crippen molar-refractivity contribution in [2.24, 2.45) is 0 Å². The quantitative estimate of drug-likeness (QED) is 0.600. The monoisotopic (exact) mass is 318 g/mol. The highest BCUT2D eigenvalue weighted by Crippen LogP contribution is 2.21. The van der Waals surface area contributed by atoms with Crippen LogP contribution in [0.3, 0.4) is 0 Å². The van der Waals surface area contributed by atoms with Gasteiger partial charge in [0.1, 0.15) is 5.75 Å². The van der Waals surface area contributed by atoms with Gasteiger partial charge >= 0.3 is 0 Å². The molecule has 2 rings (SSSR count). The van der Waals surface area contributed by atoms with E-state index in [0.29, 0.717) is 19.4 Å². The van der Waals surface area contributed by atoms with Crippen molar-refractivity contribution in [2.75, 3.05) is 12.0 Å². The van der Waals surface area contributed by atoms with Crippen molar-refractivity contribution in [1.82, 2.24) is 5.43 Å². The fourth-order valence-corrected chi connectivity index (χ4v) is 1.97. The van der Waals surface area contributed by atoms with E-state index in [-0.39, 0.29) is 5.91 Å². The second-order valence-electron chi connectivity index (χ2n) is 4.90. The molecule has 5 heteroatoms. The van der Waals surface area contributed by atoms with Crippen LogP contribution in [0.1, 0.15) is 18.4 Å². The van der Waals surface area contributed by atoms with Crippen molar-refractivity contribution in [2.45, 2.75) is 19.8 Å². The zero-order valence-corrected chi connectivity index (χ0v) is 13.2. The molecule has 0 aliphatic rings. The molecular formula is C17H19ClN2O2. The molecule has 2 N–H and O–H groups in total. The van der Waals surface area contributed by atoms with Crippen LogP contribution in [0.25, 0.3) is 0 Å². The lowest BCUT2D eigenvalue weighted by Gasteiger charge is -2.09. The maximum Gasteiger partial charge on any atom is 0.238 e. The van der Waals surface area contributed by atoms with E-state index < -0.39 is 0 Å². The van der Waals surface area contributed by atoms with Gasteiger partial charge in [0.2, 0.25) is 5.91 Å². The number of anilines is 1. The van der Waals surface area contributed by atoms with E-state index in [4.69, 9.17) is 16.3 Å². The highest BCUT2D eigenvalue weighted by atomic mass is 35.5. The topological polar surface area (TPSA) is 50.4 Å². The smallest absolute Gasteiger partial charge is 0.238 e. The Morgan fingerprint density at radius 1 is 1.18 bits per heavy atom. The molecule has 0 spiro atoms. The molecule has 0 heterocycles. The summed E-state index contributed by atoms with van der Waals surface area (Å²) in [5.74, 6) is 0.699. The molecule has 0 atom stereocenters. The van der Waals surface area contributed by atoms with Crippen LogP contribution >= 0.6 is 11.6 Å². The maximum atomic E-state index is 11.7. The van der Waals surface area contributed by atoms with Gasteiger partial charge in [-0.2, -0.15) is 0 Å². The number of ether oxygens (including phenoxy) is 1. The van der Waals surface area contributed by atoms with Gasteiger partial charge in [-0.05, 0) is 49.2 Å². The van der Waals surface area contributed by atoms with Gasteiger partial charge in [-0.1, -0.05) is 29.8 Å². The predicted molar refractivity (Wildman–Crippen MR) is 89.1 cm³/mol. The van der Waals surface area contributed by atoms with Crippen LogP contribution in [-0.2, 0) is 4.79 Å². The third-order valence-electron chi connectivity index (χ3n) is 3.07.